The van der Waals surface area contributed by atoms with Gasteiger partial charge in [-0.2, -0.15) is 18.3 Å². The van der Waals surface area contributed by atoms with Crippen LogP contribution in [0.1, 0.15) is 29.0 Å². The fraction of sp³-hybridized carbons (Fsp3) is 0.308. The van der Waals surface area contributed by atoms with E-state index in [-0.39, 0.29) is 5.91 Å². The van der Waals surface area contributed by atoms with E-state index in [9.17, 15) is 18.0 Å². The van der Waals surface area contributed by atoms with Crippen molar-refractivity contribution in [2.24, 2.45) is 13.0 Å². The van der Waals surface area contributed by atoms with Crippen molar-refractivity contribution in [3.63, 3.8) is 0 Å². The first-order valence-electron chi connectivity index (χ1n) is 12.0. The number of rotatable bonds is 7. The van der Waals surface area contributed by atoms with Crippen molar-refractivity contribution in [1.29, 1.82) is 0 Å². The summed E-state index contributed by atoms with van der Waals surface area (Å²) in [6, 6.07) is 9.57. The number of hydrogen-bond donors (Lipinski definition) is 1. The van der Waals surface area contributed by atoms with E-state index in [1.165, 1.54) is 12.8 Å². The number of nitrogens with zero attached hydrogens (tertiary/aromatic N) is 7. The number of alkyl halides is 3. The lowest BCUT2D eigenvalue weighted by Crippen LogP contribution is -2.28. The van der Waals surface area contributed by atoms with E-state index in [1.54, 1.807) is 34.4 Å². The number of halogens is 3. The fourth-order valence-electron chi connectivity index (χ4n) is 3.78. The second kappa shape index (κ2) is 11.5. The van der Waals surface area contributed by atoms with E-state index in [2.05, 4.69) is 24.6 Å². The van der Waals surface area contributed by atoms with E-state index >= 15 is 0 Å². The molecule has 204 valence electrons. The van der Waals surface area contributed by atoms with E-state index in [1.807, 2.05) is 50.6 Å². The molecule has 1 saturated carbocycles. The summed E-state index contributed by atoms with van der Waals surface area (Å²) in [7, 11) is 3.68. The van der Waals surface area contributed by atoms with Gasteiger partial charge < -0.3 is 14.6 Å². The molecule has 1 aliphatic rings. The number of aryl methyl sites for hydroxylation is 1. The van der Waals surface area contributed by atoms with Gasteiger partial charge in [0.1, 0.15) is 11.4 Å². The van der Waals surface area contributed by atoms with Crippen LogP contribution in [-0.2, 0) is 24.9 Å². The summed E-state index contributed by atoms with van der Waals surface area (Å²) in [5, 5.41) is 11.3. The maximum atomic E-state index is 13.3. The van der Waals surface area contributed by atoms with Crippen LogP contribution in [-0.4, -0.2) is 64.4 Å². The highest BCUT2D eigenvalue weighted by Crippen LogP contribution is 2.33. The molecular formula is C26H26F3N7O3. The van der Waals surface area contributed by atoms with Crippen LogP contribution in [0.2, 0.25) is 0 Å². The highest BCUT2D eigenvalue weighted by molar-refractivity contribution is 5.94. The lowest BCUT2D eigenvalue weighted by atomic mass is 10.2. The van der Waals surface area contributed by atoms with Gasteiger partial charge in [0.25, 0.3) is 5.91 Å². The maximum Gasteiger partial charge on any atom is 0.490 e. The van der Waals surface area contributed by atoms with E-state index in [0.29, 0.717) is 24.0 Å². The van der Waals surface area contributed by atoms with Gasteiger partial charge in [-0.25, -0.2) is 14.8 Å². The zero-order valence-corrected chi connectivity index (χ0v) is 21.2. The molecule has 4 heterocycles. The van der Waals surface area contributed by atoms with Crippen molar-refractivity contribution in [3.05, 3.63) is 72.7 Å². The first-order valence-corrected chi connectivity index (χ1v) is 12.0. The third-order valence-electron chi connectivity index (χ3n) is 6.02. The molecule has 0 aromatic carbocycles. The average molecular weight is 542 g/mol. The third-order valence-corrected chi connectivity index (χ3v) is 6.02. The van der Waals surface area contributed by atoms with Gasteiger partial charge in [-0.3, -0.25) is 14.5 Å². The summed E-state index contributed by atoms with van der Waals surface area (Å²) < 4.78 is 35.6. The summed E-state index contributed by atoms with van der Waals surface area (Å²) in [5.74, 6) is -1.51. The molecule has 0 saturated heterocycles. The number of carboxylic acid groups (broad SMARTS) is 1. The monoisotopic (exact) mass is 541 g/mol. The predicted octanol–water partition coefficient (Wildman–Crippen LogP) is 4.06. The normalized spacial score (nSPS) is 12.9. The van der Waals surface area contributed by atoms with Gasteiger partial charge >= 0.3 is 12.1 Å². The average Bonchev–Trinajstić information content (AvgIpc) is 3.46. The Morgan fingerprint density at radius 2 is 1.77 bits per heavy atom. The van der Waals surface area contributed by atoms with Crippen LogP contribution in [0.15, 0.2) is 61.3 Å². The molecule has 1 N–H and O–H groups in total. The number of pyridine rings is 1. The second-order valence-electron chi connectivity index (χ2n) is 9.13. The molecule has 10 nitrogen and oxygen atoms in total. The summed E-state index contributed by atoms with van der Waals surface area (Å²) in [6.07, 6.45) is 6.47. The molecule has 0 unspecified atom stereocenters. The first-order chi connectivity index (χ1) is 18.5. The molecule has 4 aromatic rings. The minimum absolute atomic E-state index is 0.0185. The number of carbonyl (C=O) groups is 2. The van der Waals surface area contributed by atoms with Crippen LogP contribution < -0.4 is 0 Å². The molecule has 0 atom stereocenters. The lowest BCUT2D eigenvalue weighted by molar-refractivity contribution is -0.192. The molecule has 0 radical (unpaired) electrons. The van der Waals surface area contributed by atoms with Gasteiger partial charge in [0.15, 0.2) is 5.82 Å². The Hall–Kier alpha value is -4.55. The van der Waals surface area contributed by atoms with Gasteiger partial charge in [-0.05, 0) is 43.0 Å². The molecule has 0 spiro atoms. The second-order valence-corrected chi connectivity index (χ2v) is 9.13. The van der Waals surface area contributed by atoms with Crippen LogP contribution >= 0.6 is 0 Å². The lowest BCUT2D eigenvalue weighted by Gasteiger charge is -2.18. The SMILES string of the molecule is CN(Cc1ccccn1)C(=O)c1cc(-c2cnc(-c3ccnn3C)nc2)cn1CC1CC1.O=C(O)C(F)(F)F. The summed E-state index contributed by atoms with van der Waals surface area (Å²) >= 11 is 0. The van der Waals surface area contributed by atoms with Crippen molar-refractivity contribution >= 4 is 11.9 Å². The van der Waals surface area contributed by atoms with Crippen molar-refractivity contribution < 1.29 is 27.9 Å². The van der Waals surface area contributed by atoms with Gasteiger partial charge in [0, 0.05) is 62.8 Å². The molecular weight excluding hydrogens is 515 g/mol. The smallest absolute Gasteiger partial charge is 0.475 e. The number of carboxylic acids is 1. The Labute approximate surface area is 221 Å². The molecule has 0 bridgehead atoms. The highest BCUT2D eigenvalue weighted by atomic mass is 19.4. The van der Waals surface area contributed by atoms with Crippen molar-refractivity contribution in [2.45, 2.75) is 32.1 Å². The van der Waals surface area contributed by atoms with Crippen molar-refractivity contribution in [2.75, 3.05) is 7.05 Å². The molecule has 1 fully saturated rings. The van der Waals surface area contributed by atoms with Crippen LogP contribution in [0.25, 0.3) is 22.6 Å². The maximum absolute atomic E-state index is 13.3. The van der Waals surface area contributed by atoms with Crippen molar-refractivity contribution in [1.82, 2.24) is 34.2 Å². The molecule has 5 rings (SSSR count). The Bertz CT molecular complexity index is 1430. The Morgan fingerprint density at radius 1 is 1.08 bits per heavy atom. The molecule has 1 amide bonds. The summed E-state index contributed by atoms with van der Waals surface area (Å²) in [4.78, 5) is 37.3. The van der Waals surface area contributed by atoms with E-state index in [0.717, 1.165) is 29.1 Å². The first kappa shape index (κ1) is 27.5. The zero-order chi connectivity index (χ0) is 28.2. The van der Waals surface area contributed by atoms with Crippen LogP contribution in [0.5, 0.6) is 0 Å². The molecule has 1 aliphatic carbocycles. The predicted molar refractivity (Wildman–Crippen MR) is 134 cm³/mol. The quantitative estimate of drug-likeness (QED) is 0.375. The van der Waals surface area contributed by atoms with E-state index < -0.39 is 12.1 Å². The number of aliphatic carboxylic acids is 1. The largest absolute Gasteiger partial charge is 0.490 e. The van der Waals surface area contributed by atoms with Crippen molar-refractivity contribution in [3.8, 4) is 22.6 Å². The topological polar surface area (TPSA) is 119 Å². The fourth-order valence-corrected chi connectivity index (χ4v) is 3.78. The van der Waals surface area contributed by atoms with Crippen LogP contribution in [0.3, 0.4) is 0 Å². The molecule has 13 heteroatoms. The Kier molecular flexibility index (Phi) is 8.07. The summed E-state index contributed by atoms with van der Waals surface area (Å²) in [6.45, 7) is 1.32. The Morgan fingerprint density at radius 3 is 2.31 bits per heavy atom. The summed E-state index contributed by atoms with van der Waals surface area (Å²) in [5.41, 5.74) is 4.22. The standard InChI is InChI=1S/C24H25N7O.C2HF3O2/c1-29(16-20-5-3-4-9-25-20)24(32)22-11-18(15-31(22)14-17-6-7-17)19-12-26-23(27-13-19)21-8-10-28-30(21)2;3-2(4,5)1(6)7/h3-5,8-13,15,17H,6-7,14,16H2,1-2H3;(H,6,7). The van der Waals surface area contributed by atoms with Crippen LogP contribution in [0, 0.1) is 5.92 Å². The van der Waals surface area contributed by atoms with Gasteiger partial charge in [-0.15, -0.1) is 0 Å². The van der Waals surface area contributed by atoms with Gasteiger partial charge in [-0.1, -0.05) is 6.07 Å². The minimum atomic E-state index is -5.08. The third kappa shape index (κ3) is 7.06. The number of amides is 1. The highest BCUT2D eigenvalue weighted by Gasteiger charge is 2.38. The zero-order valence-electron chi connectivity index (χ0n) is 21.2. The van der Waals surface area contributed by atoms with Crippen LogP contribution in [0.4, 0.5) is 13.2 Å². The molecule has 39 heavy (non-hydrogen) atoms. The molecule has 4 aromatic heterocycles. The number of carbonyl (C=O) groups excluding carboxylic acids is 1. The Balaban J connectivity index is 0.000000448. The number of aromatic nitrogens is 6. The number of hydrogen-bond acceptors (Lipinski definition) is 6. The van der Waals surface area contributed by atoms with E-state index in [4.69, 9.17) is 9.90 Å². The molecule has 0 aliphatic heterocycles. The van der Waals surface area contributed by atoms with Gasteiger partial charge in [0.05, 0.1) is 12.2 Å². The minimum Gasteiger partial charge on any atom is -0.475 e. The van der Waals surface area contributed by atoms with Gasteiger partial charge in [0.2, 0.25) is 0 Å².